The molecule has 0 aliphatic heterocycles. The average Bonchev–Trinajstić information content (AvgIpc) is 2.72. The molecule has 0 saturated heterocycles. The van der Waals surface area contributed by atoms with Crippen LogP contribution in [0.2, 0.25) is 0 Å². The van der Waals surface area contributed by atoms with E-state index in [0.29, 0.717) is 28.2 Å². The fraction of sp³-hybridized carbons (Fsp3) is 0.304. The van der Waals surface area contributed by atoms with Crippen LogP contribution in [0.15, 0.2) is 54.2 Å². The van der Waals surface area contributed by atoms with Crippen LogP contribution in [0.1, 0.15) is 31.9 Å². The molecule has 0 saturated carbocycles. The second-order valence-corrected chi connectivity index (χ2v) is 7.33. The maximum atomic E-state index is 12.6. The van der Waals surface area contributed by atoms with Gasteiger partial charge in [-0.1, -0.05) is 24.3 Å². The van der Waals surface area contributed by atoms with E-state index in [9.17, 15) is 9.59 Å². The van der Waals surface area contributed by atoms with Crippen LogP contribution < -0.4 is 14.8 Å². The number of carbonyl (C=O) groups excluding carboxylic acids is 2. The van der Waals surface area contributed by atoms with Gasteiger partial charge in [-0.15, -0.1) is 0 Å². The van der Waals surface area contributed by atoms with E-state index in [1.165, 1.54) is 7.11 Å². The molecule has 0 heterocycles. The lowest BCUT2D eigenvalue weighted by molar-refractivity contribution is -0.136. The van der Waals surface area contributed by atoms with Crippen LogP contribution in [0.3, 0.4) is 0 Å². The number of ether oxygens (including phenoxy) is 4. The van der Waals surface area contributed by atoms with Gasteiger partial charge in [0.25, 0.3) is 0 Å². The van der Waals surface area contributed by atoms with Crippen molar-refractivity contribution in [2.45, 2.75) is 26.4 Å². The third kappa shape index (κ3) is 6.01. The van der Waals surface area contributed by atoms with Crippen molar-refractivity contribution in [1.29, 1.82) is 0 Å². The van der Waals surface area contributed by atoms with Gasteiger partial charge in [-0.05, 0) is 56.2 Å². The highest BCUT2D eigenvalue weighted by molar-refractivity contribution is 6.03. The zero-order chi connectivity index (χ0) is 22.3. The van der Waals surface area contributed by atoms with Crippen LogP contribution in [-0.2, 0) is 14.3 Å². The number of amides is 1. The fourth-order valence-corrected chi connectivity index (χ4v) is 2.69. The number of hydrogen-bond donors (Lipinski definition) is 1. The minimum absolute atomic E-state index is 0.0397. The van der Waals surface area contributed by atoms with Crippen molar-refractivity contribution in [1.82, 2.24) is 5.32 Å². The largest absolute Gasteiger partial charge is 0.497 e. The summed E-state index contributed by atoms with van der Waals surface area (Å²) in [7, 11) is 4.39. The van der Waals surface area contributed by atoms with Crippen LogP contribution >= 0.6 is 0 Å². The monoisotopic (exact) mass is 413 g/mol. The van der Waals surface area contributed by atoms with Crippen molar-refractivity contribution in [3.63, 3.8) is 0 Å². The molecule has 2 aromatic carbocycles. The van der Waals surface area contributed by atoms with Crippen molar-refractivity contribution >= 4 is 17.6 Å². The van der Waals surface area contributed by atoms with Crippen LogP contribution in [0, 0.1) is 0 Å². The Morgan fingerprint density at radius 2 is 1.20 bits per heavy atom. The van der Waals surface area contributed by atoms with Crippen molar-refractivity contribution in [3.8, 4) is 11.5 Å². The van der Waals surface area contributed by atoms with Gasteiger partial charge in [0.05, 0.1) is 21.3 Å². The maximum absolute atomic E-state index is 12.6. The molecule has 1 amide bonds. The van der Waals surface area contributed by atoms with Crippen LogP contribution in [0.4, 0.5) is 4.79 Å². The number of benzene rings is 2. The first-order chi connectivity index (χ1) is 14.2. The minimum atomic E-state index is -0.762. The lowest BCUT2D eigenvalue weighted by Crippen LogP contribution is -2.35. The first kappa shape index (κ1) is 22.8. The molecule has 0 aromatic heterocycles. The number of methoxy groups -OCH3 is 3. The highest BCUT2D eigenvalue weighted by Crippen LogP contribution is 2.30. The van der Waals surface area contributed by atoms with Gasteiger partial charge in [0.15, 0.2) is 0 Å². The molecule has 1 N–H and O–H groups in total. The van der Waals surface area contributed by atoms with Crippen molar-refractivity contribution in [2.75, 3.05) is 21.3 Å². The van der Waals surface area contributed by atoms with Gasteiger partial charge in [-0.3, -0.25) is 5.32 Å². The number of carbonyl (C=O) groups is 2. The molecule has 0 aliphatic rings. The summed E-state index contributed by atoms with van der Waals surface area (Å²) in [6.45, 7) is 5.21. The summed E-state index contributed by atoms with van der Waals surface area (Å²) in [5.74, 6) is 0.614. The average molecular weight is 413 g/mol. The molecule has 0 radical (unpaired) electrons. The maximum Gasteiger partial charge on any atom is 0.412 e. The van der Waals surface area contributed by atoms with Gasteiger partial charge >= 0.3 is 12.1 Å². The molecule has 0 bridgehead atoms. The lowest BCUT2D eigenvalue weighted by atomic mass is 9.95. The second kappa shape index (κ2) is 9.82. The fourth-order valence-electron chi connectivity index (χ4n) is 2.69. The Morgan fingerprint density at radius 3 is 1.53 bits per heavy atom. The Kier molecular flexibility index (Phi) is 7.47. The Labute approximate surface area is 176 Å². The Balaban J connectivity index is 2.65. The van der Waals surface area contributed by atoms with Gasteiger partial charge in [-0.2, -0.15) is 0 Å². The van der Waals surface area contributed by atoms with E-state index in [1.807, 2.05) is 0 Å². The van der Waals surface area contributed by atoms with Crippen molar-refractivity contribution < 1.29 is 28.5 Å². The van der Waals surface area contributed by atoms with E-state index in [0.717, 1.165) is 0 Å². The molecule has 2 aromatic rings. The summed E-state index contributed by atoms with van der Waals surface area (Å²) < 4.78 is 20.7. The Bertz CT molecular complexity index is 859. The third-order valence-electron chi connectivity index (χ3n) is 4.02. The van der Waals surface area contributed by atoms with Gasteiger partial charge in [0, 0.05) is 5.57 Å². The van der Waals surface area contributed by atoms with Gasteiger partial charge in [-0.25, -0.2) is 9.59 Å². The first-order valence-corrected chi connectivity index (χ1v) is 9.30. The molecule has 2 rings (SSSR count). The molecule has 160 valence electrons. The van der Waals surface area contributed by atoms with Crippen molar-refractivity contribution in [3.05, 3.63) is 65.4 Å². The van der Waals surface area contributed by atoms with E-state index in [2.05, 4.69) is 5.32 Å². The predicted octanol–water partition coefficient (Wildman–Crippen LogP) is 4.16. The summed E-state index contributed by atoms with van der Waals surface area (Å²) >= 11 is 0. The normalized spacial score (nSPS) is 10.6. The van der Waals surface area contributed by atoms with E-state index in [-0.39, 0.29) is 5.70 Å². The van der Waals surface area contributed by atoms with Crippen molar-refractivity contribution in [2.24, 2.45) is 0 Å². The quantitative estimate of drug-likeness (QED) is 0.566. The summed E-state index contributed by atoms with van der Waals surface area (Å²) in [6.07, 6.45) is -0.762. The third-order valence-corrected chi connectivity index (χ3v) is 4.02. The van der Waals surface area contributed by atoms with Gasteiger partial charge in [0.1, 0.15) is 22.8 Å². The Morgan fingerprint density at radius 1 is 0.767 bits per heavy atom. The van der Waals surface area contributed by atoms with E-state index in [1.54, 1.807) is 83.5 Å². The topological polar surface area (TPSA) is 83.1 Å². The molecule has 0 unspecified atom stereocenters. The molecule has 7 heteroatoms. The van der Waals surface area contributed by atoms with E-state index < -0.39 is 17.7 Å². The number of alkyl carbamates (subject to hydrolysis) is 1. The number of hydrogen-bond acceptors (Lipinski definition) is 6. The van der Waals surface area contributed by atoms with Crippen LogP contribution in [-0.4, -0.2) is 39.0 Å². The highest BCUT2D eigenvalue weighted by atomic mass is 16.6. The standard InChI is InChI=1S/C23H27NO6/c1-23(2,3)30-22(26)24-20(21(25)29-6)19(15-7-11-17(27-4)12-8-15)16-9-13-18(28-5)14-10-16/h7-14H,1-6H3,(H,24,26). The highest BCUT2D eigenvalue weighted by Gasteiger charge is 2.24. The van der Waals surface area contributed by atoms with Gasteiger partial charge in [0.2, 0.25) is 0 Å². The summed E-state index contributed by atoms with van der Waals surface area (Å²) in [5, 5.41) is 2.56. The molecule has 0 atom stereocenters. The van der Waals surface area contributed by atoms with Crippen LogP contribution in [0.5, 0.6) is 11.5 Å². The summed E-state index contributed by atoms with van der Waals surface area (Å²) in [5.41, 5.74) is 1.06. The zero-order valence-corrected chi connectivity index (χ0v) is 18.1. The van der Waals surface area contributed by atoms with Crippen LogP contribution in [0.25, 0.3) is 5.57 Å². The van der Waals surface area contributed by atoms with E-state index >= 15 is 0 Å². The summed E-state index contributed by atoms with van der Waals surface area (Å²) in [6, 6.07) is 14.2. The minimum Gasteiger partial charge on any atom is -0.497 e. The molecular weight excluding hydrogens is 386 g/mol. The molecule has 7 nitrogen and oxygen atoms in total. The smallest absolute Gasteiger partial charge is 0.412 e. The second-order valence-electron chi connectivity index (χ2n) is 7.33. The molecule has 30 heavy (non-hydrogen) atoms. The first-order valence-electron chi connectivity index (χ1n) is 9.30. The number of rotatable bonds is 6. The molecule has 0 spiro atoms. The molecule has 0 fully saturated rings. The Hall–Kier alpha value is -3.48. The number of nitrogens with one attached hydrogen (secondary N) is 1. The SMILES string of the molecule is COC(=O)C(NC(=O)OC(C)(C)C)=C(c1ccc(OC)cc1)c1ccc(OC)cc1. The lowest BCUT2D eigenvalue weighted by Gasteiger charge is -2.21. The van der Waals surface area contributed by atoms with Gasteiger partial charge < -0.3 is 18.9 Å². The molecular formula is C23H27NO6. The molecule has 0 aliphatic carbocycles. The summed E-state index contributed by atoms with van der Waals surface area (Å²) in [4.78, 5) is 25.1. The number of esters is 1. The van der Waals surface area contributed by atoms with E-state index in [4.69, 9.17) is 18.9 Å². The predicted molar refractivity (Wildman–Crippen MR) is 113 cm³/mol. The zero-order valence-electron chi connectivity index (χ0n) is 18.1.